The number of carbonyl (C=O) groups is 1. The second-order valence-electron chi connectivity index (χ2n) is 4.61. The van der Waals surface area contributed by atoms with Crippen LogP contribution in [0.25, 0.3) is 0 Å². The van der Waals surface area contributed by atoms with Crippen molar-refractivity contribution in [3.8, 4) is 0 Å². The van der Waals surface area contributed by atoms with Crippen molar-refractivity contribution in [1.82, 2.24) is 0 Å². The molecule has 2 rings (SSSR count). The van der Waals surface area contributed by atoms with Crippen LogP contribution < -0.4 is 0 Å². The number of benzene rings is 2. The number of halogens is 1. The van der Waals surface area contributed by atoms with Crippen LogP contribution in [-0.4, -0.2) is 5.78 Å². The third-order valence-corrected chi connectivity index (χ3v) is 3.27. The van der Waals surface area contributed by atoms with E-state index in [0.29, 0.717) is 6.42 Å². The summed E-state index contributed by atoms with van der Waals surface area (Å²) in [6, 6.07) is 13.9. The maximum atomic E-state index is 12.2. The molecule has 2 aromatic carbocycles. The van der Waals surface area contributed by atoms with Gasteiger partial charge in [0.1, 0.15) is 0 Å². The quantitative estimate of drug-likeness (QED) is 0.763. The lowest BCUT2D eigenvalue weighted by molar-refractivity contribution is 0.0993. The fourth-order valence-corrected chi connectivity index (χ4v) is 2.61. The summed E-state index contributed by atoms with van der Waals surface area (Å²) in [5, 5.41) is 0. The zero-order valence-corrected chi connectivity index (χ0v) is 12.1. The van der Waals surface area contributed by atoms with Crippen LogP contribution in [0.3, 0.4) is 0 Å². The molecule has 0 unspecified atom stereocenters. The molecule has 2 heteroatoms. The number of carbonyl (C=O) groups excluding carboxylic acids is 1. The van der Waals surface area contributed by atoms with Gasteiger partial charge >= 0.3 is 0 Å². The van der Waals surface area contributed by atoms with E-state index in [9.17, 15) is 4.79 Å². The summed E-state index contributed by atoms with van der Waals surface area (Å²) in [5.41, 5.74) is 4.11. The minimum absolute atomic E-state index is 0.157. The van der Waals surface area contributed by atoms with Gasteiger partial charge < -0.3 is 0 Å². The first-order valence-electron chi connectivity index (χ1n) is 5.90. The molecule has 0 amide bonds. The zero-order chi connectivity index (χ0) is 13.1. The molecular formula is C16H15BrO. The molecule has 18 heavy (non-hydrogen) atoms. The molecule has 0 N–H and O–H groups in total. The molecule has 0 radical (unpaired) electrons. The van der Waals surface area contributed by atoms with E-state index in [1.54, 1.807) is 0 Å². The first kappa shape index (κ1) is 13.0. The summed E-state index contributed by atoms with van der Waals surface area (Å²) in [5.74, 6) is 0.157. The second kappa shape index (κ2) is 5.49. The van der Waals surface area contributed by atoms with Gasteiger partial charge in [-0.2, -0.15) is 0 Å². The Balaban J connectivity index is 2.22. The lowest BCUT2D eigenvalue weighted by Crippen LogP contribution is -2.04. The van der Waals surface area contributed by atoms with Crippen molar-refractivity contribution in [2.45, 2.75) is 20.3 Å². The van der Waals surface area contributed by atoms with Gasteiger partial charge in [-0.15, -0.1) is 0 Å². The van der Waals surface area contributed by atoms with Crippen molar-refractivity contribution in [3.05, 3.63) is 69.2 Å². The molecule has 2 aromatic rings. The molecule has 0 bridgehead atoms. The molecule has 0 aliphatic rings. The summed E-state index contributed by atoms with van der Waals surface area (Å²) in [7, 11) is 0. The van der Waals surface area contributed by atoms with E-state index in [1.165, 1.54) is 5.56 Å². The van der Waals surface area contributed by atoms with Crippen LogP contribution >= 0.6 is 15.9 Å². The van der Waals surface area contributed by atoms with Gasteiger partial charge in [0.25, 0.3) is 0 Å². The highest BCUT2D eigenvalue weighted by Crippen LogP contribution is 2.17. The molecule has 0 aliphatic heterocycles. The van der Waals surface area contributed by atoms with Crippen LogP contribution in [0.1, 0.15) is 27.0 Å². The van der Waals surface area contributed by atoms with E-state index < -0.39 is 0 Å². The number of hydrogen-bond acceptors (Lipinski definition) is 1. The monoisotopic (exact) mass is 302 g/mol. The standard InChI is InChI=1S/C16H15BrO/c1-11-4-3-5-13(6-11)9-16(18)14-7-12(2)8-15(17)10-14/h3-8,10H,9H2,1-2H3. The summed E-state index contributed by atoms with van der Waals surface area (Å²) in [6.07, 6.45) is 0.456. The predicted molar refractivity (Wildman–Crippen MR) is 78.1 cm³/mol. The van der Waals surface area contributed by atoms with Crippen LogP contribution in [-0.2, 0) is 6.42 Å². The number of ketones is 1. The maximum absolute atomic E-state index is 12.2. The van der Waals surface area contributed by atoms with E-state index >= 15 is 0 Å². The Bertz CT molecular complexity index is 567. The topological polar surface area (TPSA) is 17.1 Å². The summed E-state index contributed by atoms with van der Waals surface area (Å²) in [6.45, 7) is 4.03. The SMILES string of the molecule is Cc1cccc(CC(=O)c2cc(C)cc(Br)c2)c1. The zero-order valence-electron chi connectivity index (χ0n) is 10.5. The highest BCUT2D eigenvalue weighted by molar-refractivity contribution is 9.10. The van der Waals surface area contributed by atoms with Crippen LogP contribution in [0, 0.1) is 13.8 Å². The van der Waals surface area contributed by atoms with Crippen molar-refractivity contribution in [3.63, 3.8) is 0 Å². The second-order valence-corrected chi connectivity index (χ2v) is 5.52. The van der Waals surface area contributed by atoms with Crippen molar-refractivity contribution in [2.75, 3.05) is 0 Å². The van der Waals surface area contributed by atoms with E-state index in [4.69, 9.17) is 0 Å². The third-order valence-electron chi connectivity index (χ3n) is 2.81. The van der Waals surface area contributed by atoms with Crippen molar-refractivity contribution >= 4 is 21.7 Å². The Morgan fingerprint density at radius 3 is 2.50 bits per heavy atom. The smallest absolute Gasteiger partial charge is 0.167 e. The van der Waals surface area contributed by atoms with Crippen LogP contribution in [0.15, 0.2) is 46.9 Å². The summed E-state index contributed by atoms with van der Waals surface area (Å²) < 4.78 is 0.954. The van der Waals surface area contributed by atoms with Gasteiger partial charge in [0, 0.05) is 16.5 Å². The van der Waals surface area contributed by atoms with Gasteiger partial charge in [-0.1, -0.05) is 45.8 Å². The molecule has 0 fully saturated rings. The van der Waals surface area contributed by atoms with Gasteiger partial charge in [0.2, 0.25) is 0 Å². The summed E-state index contributed by atoms with van der Waals surface area (Å²) >= 11 is 3.43. The third kappa shape index (κ3) is 3.30. The molecule has 0 saturated carbocycles. The van der Waals surface area contributed by atoms with Gasteiger partial charge in [0.05, 0.1) is 0 Å². The van der Waals surface area contributed by atoms with Gasteiger partial charge in [-0.3, -0.25) is 4.79 Å². The molecular weight excluding hydrogens is 288 g/mol. The first-order valence-corrected chi connectivity index (χ1v) is 6.70. The van der Waals surface area contributed by atoms with Crippen molar-refractivity contribution < 1.29 is 4.79 Å². The molecule has 0 heterocycles. The highest BCUT2D eigenvalue weighted by Gasteiger charge is 2.08. The van der Waals surface area contributed by atoms with E-state index in [-0.39, 0.29) is 5.78 Å². The van der Waals surface area contributed by atoms with Gasteiger partial charge in [-0.05, 0) is 43.2 Å². The molecule has 1 nitrogen and oxygen atoms in total. The van der Waals surface area contributed by atoms with Gasteiger partial charge in [-0.25, -0.2) is 0 Å². The van der Waals surface area contributed by atoms with E-state index in [2.05, 4.69) is 22.0 Å². The van der Waals surface area contributed by atoms with E-state index in [1.807, 2.05) is 50.2 Å². The summed E-state index contributed by atoms with van der Waals surface area (Å²) in [4.78, 5) is 12.2. The minimum Gasteiger partial charge on any atom is -0.294 e. The number of Topliss-reactive ketones (excluding diaryl/α,β-unsaturated/α-hetero) is 1. The molecule has 0 aromatic heterocycles. The molecule has 0 aliphatic carbocycles. The van der Waals surface area contributed by atoms with E-state index in [0.717, 1.165) is 21.2 Å². The Hall–Kier alpha value is -1.41. The molecule has 92 valence electrons. The number of hydrogen-bond donors (Lipinski definition) is 0. The number of aryl methyl sites for hydroxylation is 2. The Morgan fingerprint density at radius 1 is 1.06 bits per heavy atom. The lowest BCUT2D eigenvalue weighted by Gasteiger charge is -2.05. The largest absolute Gasteiger partial charge is 0.294 e. The molecule has 0 spiro atoms. The maximum Gasteiger partial charge on any atom is 0.167 e. The first-order chi connectivity index (χ1) is 8.54. The fourth-order valence-electron chi connectivity index (χ4n) is 2.01. The molecule has 0 saturated heterocycles. The fraction of sp³-hybridized carbons (Fsp3) is 0.188. The predicted octanol–water partition coefficient (Wildman–Crippen LogP) is 4.49. The highest BCUT2D eigenvalue weighted by atomic mass is 79.9. The van der Waals surface area contributed by atoms with Crippen LogP contribution in [0.5, 0.6) is 0 Å². The number of rotatable bonds is 3. The average Bonchev–Trinajstić information content (AvgIpc) is 2.27. The molecule has 0 atom stereocenters. The Morgan fingerprint density at radius 2 is 1.83 bits per heavy atom. The van der Waals surface area contributed by atoms with Crippen LogP contribution in [0.2, 0.25) is 0 Å². The van der Waals surface area contributed by atoms with Crippen molar-refractivity contribution in [1.29, 1.82) is 0 Å². The Kier molecular flexibility index (Phi) is 3.97. The Labute approximate surface area is 116 Å². The lowest BCUT2D eigenvalue weighted by atomic mass is 10.0. The normalized spacial score (nSPS) is 10.4. The van der Waals surface area contributed by atoms with Gasteiger partial charge in [0.15, 0.2) is 5.78 Å². The van der Waals surface area contributed by atoms with Crippen molar-refractivity contribution in [2.24, 2.45) is 0 Å². The minimum atomic E-state index is 0.157. The van der Waals surface area contributed by atoms with Crippen LogP contribution in [0.4, 0.5) is 0 Å². The average molecular weight is 303 g/mol.